The van der Waals surface area contributed by atoms with Crippen LogP contribution >= 0.6 is 0 Å². The molecule has 0 spiro atoms. The highest BCUT2D eigenvalue weighted by Crippen LogP contribution is 2.40. The van der Waals surface area contributed by atoms with Gasteiger partial charge in [-0.05, 0) is 50.5 Å². The van der Waals surface area contributed by atoms with Crippen molar-refractivity contribution in [2.24, 2.45) is 17.3 Å². The zero-order valence-corrected chi connectivity index (χ0v) is 18.4. The molecule has 1 fully saturated rings. The average molecular weight is 405 g/mol. The first kappa shape index (κ1) is 23.9. The van der Waals surface area contributed by atoms with E-state index in [0.717, 1.165) is 38.5 Å². The Morgan fingerprint density at radius 2 is 1.97 bits per heavy atom. The Kier molecular flexibility index (Phi) is 10.1. The Labute approximate surface area is 176 Å². The number of unbranched alkanes of at least 4 members (excludes halogenated alkanes) is 3. The second kappa shape index (κ2) is 12.3. The molecule has 4 heteroatoms. The number of ether oxygens (including phenoxy) is 1. The number of carbonyl (C=O) groups is 2. The van der Waals surface area contributed by atoms with E-state index in [4.69, 9.17) is 4.74 Å². The van der Waals surface area contributed by atoms with Crippen molar-refractivity contribution in [3.05, 3.63) is 24.3 Å². The van der Waals surface area contributed by atoms with Gasteiger partial charge in [-0.1, -0.05) is 63.7 Å². The van der Waals surface area contributed by atoms with Gasteiger partial charge in [0, 0.05) is 18.3 Å². The molecule has 1 N–H and O–H groups in total. The summed E-state index contributed by atoms with van der Waals surface area (Å²) in [5.41, 5.74) is 0.256. The SMILES string of the molecule is CCOC(=O)CCCCCC[C@H]1C(=O)C=C[C@@H]1/C=C/C(O)CC1(C)CCCCC1. The molecule has 2 aliphatic rings. The lowest BCUT2D eigenvalue weighted by molar-refractivity contribution is -0.143. The van der Waals surface area contributed by atoms with Gasteiger partial charge in [-0.15, -0.1) is 0 Å². The predicted octanol–water partition coefficient (Wildman–Crippen LogP) is 5.54. The van der Waals surface area contributed by atoms with Crippen LogP contribution in [-0.2, 0) is 14.3 Å². The summed E-state index contributed by atoms with van der Waals surface area (Å²) in [6, 6.07) is 0. The van der Waals surface area contributed by atoms with Crippen molar-refractivity contribution in [1.29, 1.82) is 0 Å². The van der Waals surface area contributed by atoms with Gasteiger partial charge in [0.15, 0.2) is 5.78 Å². The number of allylic oxidation sites excluding steroid dienone is 3. The Morgan fingerprint density at radius 3 is 2.69 bits per heavy atom. The predicted molar refractivity (Wildman–Crippen MR) is 116 cm³/mol. The fourth-order valence-corrected chi connectivity index (χ4v) is 4.85. The molecule has 0 bridgehead atoms. The van der Waals surface area contributed by atoms with Crippen molar-refractivity contribution in [3.8, 4) is 0 Å². The molecule has 0 aromatic heterocycles. The lowest BCUT2D eigenvalue weighted by Gasteiger charge is -2.34. The van der Waals surface area contributed by atoms with Crippen LogP contribution in [0, 0.1) is 17.3 Å². The van der Waals surface area contributed by atoms with Crippen LogP contribution in [0.2, 0.25) is 0 Å². The number of aliphatic hydroxyl groups is 1. The standard InChI is InChI=1S/C25H40O4/c1-3-29-24(28)12-8-5-4-7-11-22-20(14-16-23(22)27)13-15-21(26)19-25(2)17-9-6-10-18-25/h13-16,20-22,26H,3-12,17-19H2,1-2H3/b15-13+/t20-,21?,22+/m0/s1. The Bertz CT molecular complexity index is 571. The van der Waals surface area contributed by atoms with Crippen LogP contribution in [0.15, 0.2) is 24.3 Å². The van der Waals surface area contributed by atoms with Gasteiger partial charge < -0.3 is 9.84 Å². The summed E-state index contributed by atoms with van der Waals surface area (Å²) in [5, 5.41) is 10.5. The molecular formula is C25H40O4. The summed E-state index contributed by atoms with van der Waals surface area (Å²) in [4.78, 5) is 23.6. The summed E-state index contributed by atoms with van der Waals surface area (Å²) in [5.74, 6) is 0.207. The number of rotatable bonds is 12. The van der Waals surface area contributed by atoms with E-state index in [1.807, 2.05) is 25.2 Å². The maximum absolute atomic E-state index is 12.2. The highest BCUT2D eigenvalue weighted by atomic mass is 16.5. The second-order valence-electron chi connectivity index (χ2n) is 9.23. The van der Waals surface area contributed by atoms with Crippen molar-refractivity contribution < 1.29 is 19.4 Å². The van der Waals surface area contributed by atoms with Crippen molar-refractivity contribution in [2.45, 2.75) is 97.0 Å². The summed E-state index contributed by atoms with van der Waals surface area (Å²) in [6.07, 6.45) is 19.5. The van der Waals surface area contributed by atoms with Crippen molar-refractivity contribution in [3.63, 3.8) is 0 Å². The molecule has 29 heavy (non-hydrogen) atoms. The molecular weight excluding hydrogens is 364 g/mol. The molecule has 164 valence electrons. The van der Waals surface area contributed by atoms with E-state index in [1.165, 1.54) is 32.1 Å². The van der Waals surface area contributed by atoms with Crippen LogP contribution in [0.3, 0.4) is 0 Å². The zero-order chi connectivity index (χ0) is 21.1. The molecule has 3 atom stereocenters. The molecule has 2 rings (SSSR count). The molecule has 0 radical (unpaired) electrons. The number of esters is 1. The van der Waals surface area contributed by atoms with Crippen LogP contribution in [0.1, 0.15) is 90.9 Å². The topological polar surface area (TPSA) is 63.6 Å². The van der Waals surface area contributed by atoms with E-state index >= 15 is 0 Å². The molecule has 0 aromatic rings. The molecule has 1 unspecified atom stereocenters. The molecule has 0 aliphatic heterocycles. The Morgan fingerprint density at radius 1 is 1.24 bits per heavy atom. The normalized spacial score (nSPS) is 24.9. The van der Waals surface area contributed by atoms with E-state index < -0.39 is 6.10 Å². The van der Waals surface area contributed by atoms with Gasteiger partial charge in [0.05, 0.1) is 12.7 Å². The third-order valence-electron chi connectivity index (χ3n) is 6.58. The minimum atomic E-state index is -0.425. The quantitative estimate of drug-likeness (QED) is 0.263. The minimum absolute atomic E-state index is 0.00812. The lowest BCUT2D eigenvalue weighted by Crippen LogP contribution is -2.25. The van der Waals surface area contributed by atoms with Gasteiger partial charge in [0.25, 0.3) is 0 Å². The Hall–Kier alpha value is -1.42. The molecule has 0 saturated heterocycles. The summed E-state index contributed by atoms with van der Waals surface area (Å²) < 4.78 is 4.94. The van der Waals surface area contributed by atoms with Crippen LogP contribution in [0.25, 0.3) is 0 Å². The van der Waals surface area contributed by atoms with Crippen molar-refractivity contribution in [2.75, 3.05) is 6.61 Å². The molecule has 4 nitrogen and oxygen atoms in total. The van der Waals surface area contributed by atoms with E-state index in [0.29, 0.717) is 13.0 Å². The first-order chi connectivity index (χ1) is 13.9. The number of aliphatic hydroxyl groups excluding tert-OH is 1. The third kappa shape index (κ3) is 8.46. The number of carbonyl (C=O) groups excluding carboxylic acids is 2. The van der Waals surface area contributed by atoms with Gasteiger partial charge in [-0.3, -0.25) is 9.59 Å². The fraction of sp³-hybridized carbons (Fsp3) is 0.760. The van der Waals surface area contributed by atoms with Crippen molar-refractivity contribution >= 4 is 11.8 Å². The van der Waals surface area contributed by atoms with Crippen molar-refractivity contribution in [1.82, 2.24) is 0 Å². The fourth-order valence-electron chi connectivity index (χ4n) is 4.85. The minimum Gasteiger partial charge on any atom is -0.466 e. The zero-order valence-electron chi connectivity index (χ0n) is 18.4. The number of ketones is 1. The first-order valence-corrected chi connectivity index (χ1v) is 11.7. The Balaban J connectivity index is 1.69. The summed E-state index contributed by atoms with van der Waals surface area (Å²) >= 11 is 0. The van der Waals surface area contributed by atoms with E-state index in [1.54, 1.807) is 6.08 Å². The van der Waals surface area contributed by atoms with Gasteiger partial charge in [-0.2, -0.15) is 0 Å². The third-order valence-corrected chi connectivity index (χ3v) is 6.58. The van der Waals surface area contributed by atoms with Gasteiger partial charge in [0.2, 0.25) is 0 Å². The maximum atomic E-state index is 12.2. The number of hydrogen-bond acceptors (Lipinski definition) is 4. The van der Waals surface area contributed by atoms with Crippen LogP contribution < -0.4 is 0 Å². The van der Waals surface area contributed by atoms with E-state index in [9.17, 15) is 14.7 Å². The van der Waals surface area contributed by atoms with Crippen LogP contribution in [0.4, 0.5) is 0 Å². The van der Waals surface area contributed by atoms with E-state index in [-0.39, 0.29) is 29.0 Å². The van der Waals surface area contributed by atoms with Gasteiger partial charge in [0.1, 0.15) is 0 Å². The molecule has 0 aromatic carbocycles. The van der Waals surface area contributed by atoms with Crippen LogP contribution in [0.5, 0.6) is 0 Å². The highest BCUT2D eigenvalue weighted by molar-refractivity contribution is 5.94. The summed E-state index contributed by atoms with van der Waals surface area (Å²) in [6.45, 7) is 4.57. The molecule has 0 amide bonds. The second-order valence-corrected chi connectivity index (χ2v) is 9.23. The van der Waals surface area contributed by atoms with Gasteiger partial charge >= 0.3 is 5.97 Å². The largest absolute Gasteiger partial charge is 0.466 e. The highest BCUT2D eigenvalue weighted by Gasteiger charge is 2.30. The first-order valence-electron chi connectivity index (χ1n) is 11.7. The monoisotopic (exact) mass is 404 g/mol. The molecule has 2 aliphatic carbocycles. The smallest absolute Gasteiger partial charge is 0.305 e. The van der Waals surface area contributed by atoms with Gasteiger partial charge in [-0.25, -0.2) is 0 Å². The van der Waals surface area contributed by atoms with E-state index in [2.05, 4.69) is 6.92 Å². The molecule has 0 heterocycles. The molecule has 1 saturated carbocycles. The summed E-state index contributed by atoms with van der Waals surface area (Å²) in [7, 11) is 0. The maximum Gasteiger partial charge on any atom is 0.305 e. The lowest BCUT2D eigenvalue weighted by atomic mass is 9.72. The van der Waals surface area contributed by atoms with Crippen LogP contribution in [-0.4, -0.2) is 29.6 Å². The average Bonchev–Trinajstić information content (AvgIpc) is 3.03. The number of hydrogen-bond donors (Lipinski definition) is 1.